The summed E-state index contributed by atoms with van der Waals surface area (Å²) < 4.78 is 0. The van der Waals surface area contributed by atoms with Crippen molar-refractivity contribution < 1.29 is 0 Å². The van der Waals surface area contributed by atoms with E-state index in [1.165, 1.54) is 0 Å². The Labute approximate surface area is 116 Å². The predicted octanol–water partition coefficient (Wildman–Crippen LogP) is 4.47. The lowest BCUT2D eigenvalue weighted by Gasteiger charge is -2.48. The van der Waals surface area contributed by atoms with Gasteiger partial charge in [0.15, 0.2) is 0 Å². The second kappa shape index (κ2) is 2.35. The maximum Gasteiger partial charge on any atom is -0.00262 e. The van der Waals surface area contributed by atoms with Crippen molar-refractivity contribution >= 4 is 0 Å². The van der Waals surface area contributed by atoms with Gasteiger partial charge in [-0.2, -0.15) is 0 Å². The van der Waals surface area contributed by atoms with Gasteiger partial charge in [-0.05, 0) is 116 Å². The van der Waals surface area contributed by atoms with Crippen LogP contribution in [0, 0.1) is 51.8 Å². The van der Waals surface area contributed by atoms with Crippen molar-refractivity contribution in [2.45, 2.75) is 64.2 Å². The SMILES string of the molecule is [C]1C23CC4CC5CC16CC1CC(C2)CC3(C4)C6(C5)C1. The molecule has 0 heterocycles. The van der Waals surface area contributed by atoms with Gasteiger partial charge in [0.2, 0.25) is 0 Å². The standard InChI is InChI=1S/C19H24/c1-12-3-16-5-14-2-15-6-17(11-16)4-13(1)8-19(17,10-15)18(16,7-12)9-14/h12-15H,1-10H2. The molecule has 7 rings (SSSR count). The predicted molar refractivity (Wildman–Crippen MR) is 73.1 cm³/mol. The topological polar surface area (TPSA) is 0 Å². The molecule has 0 saturated heterocycles. The van der Waals surface area contributed by atoms with E-state index < -0.39 is 0 Å². The number of rotatable bonds is 0. The van der Waals surface area contributed by atoms with E-state index in [2.05, 4.69) is 6.42 Å². The van der Waals surface area contributed by atoms with Gasteiger partial charge in [-0.15, -0.1) is 0 Å². The fourth-order valence-corrected chi connectivity index (χ4v) is 10.3. The second-order valence-electron chi connectivity index (χ2n) is 10.0. The van der Waals surface area contributed by atoms with E-state index in [-0.39, 0.29) is 0 Å². The van der Waals surface area contributed by atoms with Crippen LogP contribution in [0.5, 0.6) is 0 Å². The first-order chi connectivity index (χ1) is 9.18. The molecule has 0 aromatic rings. The molecular formula is C19H24. The smallest absolute Gasteiger partial charge is 0.00262 e. The first kappa shape index (κ1) is 9.85. The summed E-state index contributed by atoms with van der Waals surface area (Å²) >= 11 is 0. The van der Waals surface area contributed by atoms with Crippen LogP contribution in [0.15, 0.2) is 0 Å². The third kappa shape index (κ3) is 0.702. The highest BCUT2D eigenvalue weighted by molar-refractivity contribution is 5.41. The minimum Gasteiger partial charge on any atom is -0.0475 e. The summed E-state index contributed by atoms with van der Waals surface area (Å²) in [4.78, 5) is 0. The molecule has 7 saturated carbocycles. The molecule has 4 atom stereocenters. The maximum absolute atomic E-state index is 4.47. The zero-order chi connectivity index (χ0) is 12.1. The van der Waals surface area contributed by atoms with E-state index in [1.54, 1.807) is 64.2 Å². The fourth-order valence-electron chi connectivity index (χ4n) is 10.3. The molecule has 0 aromatic carbocycles. The Morgan fingerprint density at radius 2 is 0.895 bits per heavy atom. The Morgan fingerprint density at radius 1 is 0.526 bits per heavy atom. The van der Waals surface area contributed by atoms with Gasteiger partial charge in [0.1, 0.15) is 0 Å². The molecule has 7 fully saturated rings. The zero-order valence-corrected chi connectivity index (χ0v) is 11.9. The molecule has 7 aliphatic rings. The summed E-state index contributed by atoms with van der Waals surface area (Å²) in [6.45, 7) is 0. The van der Waals surface area contributed by atoms with Crippen molar-refractivity contribution in [3.63, 3.8) is 0 Å². The van der Waals surface area contributed by atoms with E-state index in [1.807, 2.05) is 0 Å². The molecule has 6 bridgehead atoms. The Hall–Kier alpha value is 0. The quantitative estimate of drug-likeness (QED) is 0.596. The Kier molecular flexibility index (Phi) is 1.22. The van der Waals surface area contributed by atoms with Gasteiger partial charge in [-0.3, -0.25) is 0 Å². The molecule has 19 heavy (non-hydrogen) atoms. The normalized spacial score (nSPS) is 77.1. The van der Waals surface area contributed by atoms with Crippen molar-refractivity contribution in [3.05, 3.63) is 6.42 Å². The Morgan fingerprint density at radius 3 is 1.26 bits per heavy atom. The molecule has 0 aliphatic heterocycles. The summed E-state index contributed by atoms with van der Waals surface area (Å²) in [6.07, 6.45) is 20.6. The van der Waals surface area contributed by atoms with E-state index in [4.69, 9.17) is 0 Å². The van der Waals surface area contributed by atoms with Crippen molar-refractivity contribution in [1.82, 2.24) is 0 Å². The van der Waals surface area contributed by atoms with Gasteiger partial charge in [0.05, 0.1) is 0 Å². The molecule has 0 aromatic heterocycles. The highest BCUT2D eigenvalue weighted by atomic mass is 14.9. The summed E-state index contributed by atoms with van der Waals surface area (Å²) in [5, 5.41) is 0. The second-order valence-corrected chi connectivity index (χ2v) is 10.0. The van der Waals surface area contributed by atoms with Crippen LogP contribution in [-0.4, -0.2) is 0 Å². The third-order valence-corrected chi connectivity index (χ3v) is 9.66. The molecule has 7 aliphatic carbocycles. The lowest BCUT2D eigenvalue weighted by molar-refractivity contribution is -0.00494. The highest BCUT2D eigenvalue weighted by Crippen LogP contribution is 2.94. The minimum atomic E-state index is 0.638. The van der Waals surface area contributed by atoms with Gasteiger partial charge in [-0.1, -0.05) is 0 Å². The van der Waals surface area contributed by atoms with Gasteiger partial charge in [0.25, 0.3) is 0 Å². The van der Waals surface area contributed by atoms with E-state index in [0.717, 1.165) is 34.5 Å². The molecule has 0 N–H and O–H groups in total. The van der Waals surface area contributed by atoms with Crippen molar-refractivity contribution in [3.8, 4) is 0 Å². The number of fused-ring (bicyclic) bond motifs is 4. The Balaban J connectivity index is 1.64. The lowest BCUT2D eigenvalue weighted by atomic mass is 9.55. The fraction of sp³-hybridized carbons (Fsp3) is 0.947. The third-order valence-electron chi connectivity index (χ3n) is 9.66. The summed E-state index contributed by atoms with van der Waals surface area (Å²) in [7, 11) is 0. The number of hydrogen-bond acceptors (Lipinski definition) is 0. The average molecular weight is 252 g/mol. The van der Waals surface area contributed by atoms with Crippen molar-refractivity contribution in [2.24, 2.45) is 45.3 Å². The maximum atomic E-state index is 4.47. The summed E-state index contributed by atoms with van der Waals surface area (Å²) in [5.41, 5.74) is 2.84. The highest BCUT2D eigenvalue weighted by Gasteiger charge is 2.86. The minimum absolute atomic E-state index is 0.638. The van der Waals surface area contributed by atoms with Crippen LogP contribution in [0.4, 0.5) is 0 Å². The monoisotopic (exact) mass is 252 g/mol. The van der Waals surface area contributed by atoms with Gasteiger partial charge >= 0.3 is 0 Å². The van der Waals surface area contributed by atoms with Gasteiger partial charge < -0.3 is 0 Å². The zero-order valence-electron chi connectivity index (χ0n) is 11.9. The van der Waals surface area contributed by atoms with Crippen LogP contribution in [0.1, 0.15) is 64.2 Å². The first-order valence-electron chi connectivity index (χ1n) is 8.98. The van der Waals surface area contributed by atoms with E-state index in [0.29, 0.717) is 10.8 Å². The molecule has 4 unspecified atom stereocenters. The molecule has 100 valence electrons. The number of hydrogen-bond donors (Lipinski definition) is 0. The lowest BCUT2D eigenvalue weighted by Crippen LogP contribution is -2.42. The van der Waals surface area contributed by atoms with Crippen molar-refractivity contribution in [1.29, 1.82) is 0 Å². The summed E-state index contributed by atoms with van der Waals surface area (Å²) in [6, 6.07) is 0. The van der Waals surface area contributed by atoms with E-state index in [9.17, 15) is 0 Å². The summed E-state index contributed by atoms with van der Waals surface area (Å²) in [5.74, 6) is 4.42. The molecular weight excluding hydrogens is 228 g/mol. The van der Waals surface area contributed by atoms with Gasteiger partial charge in [0, 0.05) is 0 Å². The first-order valence-corrected chi connectivity index (χ1v) is 8.98. The molecule has 0 nitrogen and oxygen atoms in total. The van der Waals surface area contributed by atoms with Crippen LogP contribution in [0.25, 0.3) is 0 Å². The van der Waals surface area contributed by atoms with Crippen molar-refractivity contribution in [2.75, 3.05) is 0 Å². The van der Waals surface area contributed by atoms with Crippen LogP contribution in [0.2, 0.25) is 0 Å². The molecule has 0 amide bonds. The van der Waals surface area contributed by atoms with Crippen LogP contribution >= 0.6 is 0 Å². The van der Waals surface area contributed by atoms with E-state index >= 15 is 0 Å². The van der Waals surface area contributed by atoms with Gasteiger partial charge in [-0.25, -0.2) is 0 Å². The van der Waals surface area contributed by atoms with Crippen LogP contribution < -0.4 is 0 Å². The average Bonchev–Trinajstić information content (AvgIpc) is 2.83. The molecule has 0 heteroatoms. The van der Waals surface area contributed by atoms with Crippen LogP contribution in [0.3, 0.4) is 0 Å². The van der Waals surface area contributed by atoms with Crippen LogP contribution in [-0.2, 0) is 0 Å². The largest absolute Gasteiger partial charge is 0.0475 e. The molecule has 2 spiro atoms. The molecule has 2 radical (unpaired) electrons. The Bertz CT molecular complexity index is 440.